The summed E-state index contributed by atoms with van der Waals surface area (Å²) in [5.74, 6) is 2.49. The summed E-state index contributed by atoms with van der Waals surface area (Å²) in [6, 6.07) is 12.6. The van der Waals surface area contributed by atoms with Crippen LogP contribution in [0.4, 0.5) is 5.82 Å². The maximum absolute atomic E-state index is 5.99. The van der Waals surface area contributed by atoms with Gasteiger partial charge in [0.1, 0.15) is 11.6 Å². The molecule has 0 bridgehead atoms. The summed E-state index contributed by atoms with van der Waals surface area (Å²) in [5.41, 5.74) is 7.23. The number of aromatic nitrogens is 4. The van der Waals surface area contributed by atoms with Crippen molar-refractivity contribution in [3.05, 3.63) is 61.1 Å². The summed E-state index contributed by atoms with van der Waals surface area (Å²) in [7, 11) is 1.58. The molecule has 27 heavy (non-hydrogen) atoms. The molecule has 0 atom stereocenters. The average Bonchev–Trinajstić information content (AvgIpc) is 3.20. The van der Waals surface area contributed by atoms with Crippen molar-refractivity contribution < 1.29 is 13.9 Å². The summed E-state index contributed by atoms with van der Waals surface area (Å²) >= 11 is 0. The molecule has 8 nitrogen and oxygen atoms in total. The molecule has 0 unspecified atom stereocenters. The van der Waals surface area contributed by atoms with Crippen molar-refractivity contribution in [2.45, 2.75) is 0 Å². The first-order chi connectivity index (χ1) is 13.2. The van der Waals surface area contributed by atoms with Gasteiger partial charge >= 0.3 is 0 Å². The number of methoxy groups -OCH3 is 1. The third kappa shape index (κ3) is 3.40. The van der Waals surface area contributed by atoms with Gasteiger partial charge in [0.25, 0.3) is 5.89 Å². The lowest BCUT2D eigenvalue weighted by Crippen LogP contribution is -1.96. The quantitative estimate of drug-likeness (QED) is 0.574. The van der Waals surface area contributed by atoms with E-state index in [1.807, 2.05) is 12.1 Å². The Balaban J connectivity index is 1.66. The third-order valence-electron chi connectivity index (χ3n) is 3.77. The molecule has 4 rings (SSSR count). The second-order valence-corrected chi connectivity index (χ2v) is 5.50. The largest absolute Gasteiger partial charge is 0.493 e. The zero-order chi connectivity index (χ0) is 18.6. The molecule has 0 aliphatic heterocycles. The first-order valence-corrected chi connectivity index (χ1v) is 8.05. The Bertz CT molecular complexity index is 1070. The Morgan fingerprint density at radius 3 is 2.48 bits per heavy atom. The number of anilines is 1. The van der Waals surface area contributed by atoms with Gasteiger partial charge in [-0.05, 0) is 30.3 Å². The SMILES string of the molecule is COc1ccccc1Oc1cnc(N)c(-c2nnc(-c3ccncc3)o2)c1. The highest BCUT2D eigenvalue weighted by atomic mass is 16.5. The summed E-state index contributed by atoms with van der Waals surface area (Å²) in [5, 5.41) is 8.12. The first-order valence-electron chi connectivity index (χ1n) is 8.05. The van der Waals surface area contributed by atoms with Gasteiger partial charge in [0.15, 0.2) is 11.5 Å². The van der Waals surface area contributed by atoms with E-state index >= 15 is 0 Å². The van der Waals surface area contributed by atoms with E-state index < -0.39 is 0 Å². The topological polar surface area (TPSA) is 109 Å². The molecule has 0 aliphatic rings. The normalized spacial score (nSPS) is 10.6. The Morgan fingerprint density at radius 1 is 0.963 bits per heavy atom. The summed E-state index contributed by atoms with van der Waals surface area (Å²) in [6.45, 7) is 0. The van der Waals surface area contributed by atoms with Crippen LogP contribution < -0.4 is 15.2 Å². The predicted molar refractivity (Wildman–Crippen MR) is 98.2 cm³/mol. The van der Waals surface area contributed by atoms with Crippen LogP contribution in [0.1, 0.15) is 0 Å². The minimum atomic E-state index is 0.247. The van der Waals surface area contributed by atoms with E-state index in [4.69, 9.17) is 19.6 Å². The van der Waals surface area contributed by atoms with Gasteiger partial charge in [0.2, 0.25) is 5.89 Å². The van der Waals surface area contributed by atoms with Crippen molar-refractivity contribution in [1.29, 1.82) is 0 Å². The van der Waals surface area contributed by atoms with Crippen molar-refractivity contribution in [2.75, 3.05) is 12.8 Å². The highest BCUT2D eigenvalue weighted by Gasteiger charge is 2.16. The molecular weight excluding hydrogens is 346 g/mol. The molecule has 0 spiro atoms. The van der Waals surface area contributed by atoms with E-state index in [2.05, 4.69) is 20.2 Å². The molecule has 0 fully saturated rings. The Morgan fingerprint density at radius 2 is 1.70 bits per heavy atom. The number of nitrogens with two attached hydrogens (primary N) is 1. The number of nitrogens with zero attached hydrogens (tertiary/aromatic N) is 4. The van der Waals surface area contributed by atoms with Crippen molar-refractivity contribution in [3.63, 3.8) is 0 Å². The van der Waals surface area contributed by atoms with Crippen molar-refractivity contribution in [1.82, 2.24) is 20.2 Å². The van der Waals surface area contributed by atoms with Crippen LogP contribution in [0.5, 0.6) is 17.2 Å². The average molecular weight is 361 g/mol. The van der Waals surface area contributed by atoms with E-state index in [1.54, 1.807) is 49.8 Å². The van der Waals surface area contributed by atoms with Gasteiger partial charge in [-0.3, -0.25) is 4.98 Å². The van der Waals surface area contributed by atoms with E-state index in [9.17, 15) is 0 Å². The summed E-state index contributed by atoms with van der Waals surface area (Å²) in [6.07, 6.45) is 4.82. The smallest absolute Gasteiger partial charge is 0.252 e. The highest BCUT2D eigenvalue weighted by Crippen LogP contribution is 2.34. The molecule has 0 radical (unpaired) electrons. The van der Waals surface area contributed by atoms with Gasteiger partial charge in [-0.15, -0.1) is 10.2 Å². The fourth-order valence-corrected chi connectivity index (χ4v) is 2.46. The minimum absolute atomic E-state index is 0.247. The lowest BCUT2D eigenvalue weighted by Gasteiger charge is -2.10. The minimum Gasteiger partial charge on any atom is -0.493 e. The van der Waals surface area contributed by atoms with Gasteiger partial charge in [0.05, 0.1) is 18.9 Å². The van der Waals surface area contributed by atoms with Gasteiger partial charge in [-0.2, -0.15) is 0 Å². The van der Waals surface area contributed by atoms with Gasteiger partial charge in [-0.1, -0.05) is 12.1 Å². The van der Waals surface area contributed by atoms with Crippen LogP contribution in [-0.4, -0.2) is 27.3 Å². The number of hydrogen-bond donors (Lipinski definition) is 1. The second kappa shape index (κ2) is 7.12. The van der Waals surface area contributed by atoms with Crippen LogP contribution in [0.15, 0.2) is 65.5 Å². The van der Waals surface area contributed by atoms with Gasteiger partial charge in [0, 0.05) is 18.0 Å². The molecular formula is C19H15N5O3. The molecule has 4 aromatic rings. The number of hydrogen-bond acceptors (Lipinski definition) is 8. The maximum Gasteiger partial charge on any atom is 0.252 e. The van der Waals surface area contributed by atoms with E-state index in [0.29, 0.717) is 28.7 Å². The number of nitrogen functional groups attached to an aromatic ring is 1. The molecule has 0 saturated heterocycles. The lowest BCUT2D eigenvalue weighted by atomic mass is 10.2. The highest BCUT2D eigenvalue weighted by molar-refractivity contribution is 5.69. The molecule has 3 heterocycles. The number of rotatable bonds is 5. The fourth-order valence-electron chi connectivity index (χ4n) is 2.46. The number of benzene rings is 1. The first kappa shape index (κ1) is 16.5. The summed E-state index contributed by atoms with van der Waals surface area (Å²) in [4.78, 5) is 8.13. The van der Waals surface area contributed by atoms with Gasteiger partial charge < -0.3 is 19.6 Å². The zero-order valence-corrected chi connectivity index (χ0v) is 14.4. The van der Waals surface area contributed by atoms with E-state index in [1.165, 1.54) is 6.20 Å². The predicted octanol–water partition coefficient (Wildman–Crippen LogP) is 3.58. The third-order valence-corrected chi connectivity index (χ3v) is 3.77. The molecule has 8 heteroatoms. The van der Waals surface area contributed by atoms with Crippen molar-refractivity contribution in [2.24, 2.45) is 0 Å². The molecule has 0 amide bonds. The van der Waals surface area contributed by atoms with E-state index in [0.717, 1.165) is 5.56 Å². The van der Waals surface area contributed by atoms with Crippen molar-refractivity contribution >= 4 is 5.82 Å². The standard InChI is InChI=1S/C19H15N5O3/c1-25-15-4-2-3-5-16(15)26-13-10-14(17(20)22-11-13)19-24-23-18(27-19)12-6-8-21-9-7-12/h2-11H,1H3,(H2,20,22). The van der Waals surface area contributed by atoms with Crippen LogP contribution in [0.3, 0.4) is 0 Å². The summed E-state index contributed by atoms with van der Waals surface area (Å²) < 4.78 is 16.9. The molecule has 2 N–H and O–H groups in total. The zero-order valence-electron chi connectivity index (χ0n) is 14.4. The monoisotopic (exact) mass is 361 g/mol. The van der Waals surface area contributed by atoms with E-state index in [-0.39, 0.29) is 11.7 Å². The number of pyridine rings is 2. The fraction of sp³-hybridized carbons (Fsp3) is 0.0526. The number of ether oxygens (including phenoxy) is 2. The van der Waals surface area contributed by atoms with Crippen LogP contribution in [-0.2, 0) is 0 Å². The number of para-hydroxylation sites is 2. The molecule has 1 aromatic carbocycles. The van der Waals surface area contributed by atoms with Crippen LogP contribution in [0.2, 0.25) is 0 Å². The van der Waals surface area contributed by atoms with Crippen LogP contribution in [0, 0.1) is 0 Å². The Labute approximate surface area is 154 Å². The van der Waals surface area contributed by atoms with Crippen molar-refractivity contribution in [3.8, 4) is 40.2 Å². The molecule has 134 valence electrons. The molecule has 0 saturated carbocycles. The Kier molecular flexibility index (Phi) is 4.36. The maximum atomic E-state index is 5.99. The molecule has 0 aliphatic carbocycles. The van der Waals surface area contributed by atoms with Gasteiger partial charge in [-0.25, -0.2) is 4.98 Å². The lowest BCUT2D eigenvalue weighted by molar-refractivity contribution is 0.378. The van der Waals surface area contributed by atoms with Crippen LogP contribution in [0.25, 0.3) is 22.9 Å². The van der Waals surface area contributed by atoms with Crippen LogP contribution >= 0.6 is 0 Å². The molecule has 3 aromatic heterocycles. The second-order valence-electron chi connectivity index (χ2n) is 5.50. The Hall–Kier alpha value is -3.94.